The van der Waals surface area contributed by atoms with Crippen LogP contribution < -0.4 is 10.2 Å². The van der Waals surface area contributed by atoms with Gasteiger partial charge in [0.15, 0.2) is 0 Å². The summed E-state index contributed by atoms with van der Waals surface area (Å²) in [5, 5.41) is 3.38. The molecular weight excluding hydrogens is 240 g/mol. The lowest BCUT2D eigenvalue weighted by Gasteiger charge is -2.34. The highest BCUT2D eigenvalue weighted by molar-refractivity contribution is 6.08. The minimum Gasteiger partial charge on any atom is -0.361 e. The zero-order valence-corrected chi connectivity index (χ0v) is 11.5. The minimum atomic E-state index is -0.387. The van der Waals surface area contributed by atoms with Crippen molar-refractivity contribution in [3.63, 3.8) is 0 Å². The SMILES string of the molecule is COC(C)N1C(=O)C2(CCCNC2)c2ccccc21. The lowest BCUT2D eigenvalue weighted by atomic mass is 9.76. The molecule has 4 heteroatoms. The van der Waals surface area contributed by atoms with E-state index in [4.69, 9.17) is 4.74 Å². The number of nitrogens with zero attached hydrogens (tertiary/aromatic N) is 1. The molecular formula is C15H20N2O2. The third kappa shape index (κ3) is 1.70. The molecule has 4 nitrogen and oxygen atoms in total. The summed E-state index contributed by atoms with van der Waals surface area (Å²) in [4.78, 5) is 14.8. The number of nitrogens with one attached hydrogen (secondary N) is 1. The van der Waals surface area contributed by atoms with Gasteiger partial charge in [-0.1, -0.05) is 18.2 Å². The van der Waals surface area contributed by atoms with Crippen molar-refractivity contribution >= 4 is 11.6 Å². The van der Waals surface area contributed by atoms with Gasteiger partial charge < -0.3 is 10.1 Å². The van der Waals surface area contributed by atoms with Crippen molar-refractivity contribution in [1.29, 1.82) is 0 Å². The molecule has 2 heterocycles. The maximum Gasteiger partial charge on any atom is 0.241 e. The number of benzene rings is 1. The number of carbonyl (C=O) groups excluding carboxylic acids is 1. The summed E-state index contributed by atoms with van der Waals surface area (Å²) in [5.41, 5.74) is 1.77. The first kappa shape index (κ1) is 12.6. The molecule has 1 amide bonds. The van der Waals surface area contributed by atoms with Crippen molar-refractivity contribution in [3.8, 4) is 0 Å². The van der Waals surface area contributed by atoms with Gasteiger partial charge in [-0.3, -0.25) is 9.69 Å². The van der Waals surface area contributed by atoms with E-state index in [1.807, 2.05) is 30.0 Å². The summed E-state index contributed by atoms with van der Waals surface area (Å²) in [7, 11) is 1.64. The molecule has 1 spiro atoms. The van der Waals surface area contributed by atoms with Gasteiger partial charge in [-0.25, -0.2) is 0 Å². The third-order valence-corrected chi connectivity index (χ3v) is 4.40. The van der Waals surface area contributed by atoms with Crippen LogP contribution in [-0.2, 0) is 14.9 Å². The topological polar surface area (TPSA) is 41.6 Å². The molecule has 19 heavy (non-hydrogen) atoms. The Labute approximate surface area is 113 Å². The van der Waals surface area contributed by atoms with E-state index in [2.05, 4.69) is 11.4 Å². The fraction of sp³-hybridized carbons (Fsp3) is 0.533. The smallest absolute Gasteiger partial charge is 0.241 e. The number of amides is 1. The van der Waals surface area contributed by atoms with Gasteiger partial charge in [0, 0.05) is 13.7 Å². The van der Waals surface area contributed by atoms with E-state index in [1.165, 1.54) is 0 Å². The van der Waals surface area contributed by atoms with E-state index in [-0.39, 0.29) is 17.6 Å². The lowest BCUT2D eigenvalue weighted by Crippen LogP contribution is -2.52. The molecule has 0 bridgehead atoms. The summed E-state index contributed by atoms with van der Waals surface area (Å²) < 4.78 is 5.38. The van der Waals surface area contributed by atoms with Crippen molar-refractivity contribution < 1.29 is 9.53 Å². The Morgan fingerprint density at radius 3 is 2.89 bits per heavy atom. The van der Waals surface area contributed by atoms with Crippen LogP contribution in [-0.4, -0.2) is 32.3 Å². The van der Waals surface area contributed by atoms with Crippen molar-refractivity contribution in [3.05, 3.63) is 29.8 Å². The minimum absolute atomic E-state index is 0.176. The fourth-order valence-corrected chi connectivity index (χ4v) is 3.33. The van der Waals surface area contributed by atoms with Crippen molar-refractivity contribution in [2.45, 2.75) is 31.4 Å². The van der Waals surface area contributed by atoms with Crippen LogP contribution in [0.4, 0.5) is 5.69 Å². The summed E-state index contributed by atoms with van der Waals surface area (Å²) >= 11 is 0. The molecule has 1 fully saturated rings. The van der Waals surface area contributed by atoms with E-state index in [0.29, 0.717) is 0 Å². The normalized spacial score (nSPS) is 27.7. The first-order valence-corrected chi connectivity index (χ1v) is 6.87. The number of carbonyl (C=O) groups is 1. The number of hydrogen-bond acceptors (Lipinski definition) is 3. The van der Waals surface area contributed by atoms with Gasteiger partial charge >= 0.3 is 0 Å². The Morgan fingerprint density at radius 2 is 2.21 bits per heavy atom. The van der Waals surface area contributed by atoms with Crippen LogP contribution in [0, 0.1) is 0 Å². The molecule has 1 aromatic carbocycles. The molecule has 102 valence electrons. The molecule has 0 aromatic heterocycles. The quantitative estimate of drug-likeness (QED) is 0.879. The monoisotopic (exact) mass is 260 g/mol. The highest BCUT2D eigenvalue weighted by atomic mass is 16.5. The Kier molecular flexibility index (Phi) is 3.07. The summed E-state index contributed by atoms with van der Waals surface area (Å²) in [5.74, 6) is 0.176. The van der Waals surface area contributed by atoms with Crippen molar-refractivity contribution in [1.82, 2.24) is 5.32 Å². The second kappa shape index (κ2) is 4.62. The molecule has 2 aliphatic rings. The standard InChI is InChI=1S/C15H20N2O2/c1-11(19-2)17-13-7-4-3-6-12(13)15(14(17)18)8-5-9-16-10-15/h3-4,6-7,11,16H,5,8-10H2,1-2H3. The van der Waals surface area contributed by atoms with Crippen LogP contribution in [0.2, 0.25) is 0 Å². The second-order valence-corrected chi connectivity index (χ2v) is 5.39. The molecule has 0 radical (unpaired) electrons. The van der Waals surface area contributed by atoms with E-state index >= 15 is 0 Å². The summed E-state index contributed by atoms with van der Waals surface area (Å²) in [6.45, 7) is 3.65. The average molecular weight is 260 g/mol. The van der Waals surface area contributed by atoms with E-state index < -0.39 is 0 Å². The van der Waals surface area contributed by atoms with Gasteiger partial charge in [-0.15, -0.1) is 0 Å². The number of ether oxygens (including phenoxy) is 1. The molecule has 1 aromatic rings. The molecule has 2 unspecified atom stereocenters. The van der Waals surface area contributed by atoms with Crippen LogP contribution in [0.25, 0.3) is 0 Å². The zero-order valence-electron chi connectivity index (χ0n) is 11.5. The maximum absolute atomic E-state index is 12.9. The molecule has 2 atom stereocenters. The van der Waals surface area contributed by atoms with Crippen LogP contribution in [0.1, 0.15) is 25.3 Å². The Hall–Kier alpha value is -1.39. The second-order valence-electron chi connectivity index (χ2n) is 5.39. The van der Waals surface area contributed by atoms with Crippen LogP contribution >= 0.6 is 0 Å². The first-order valence-electron chi connectivity index (χ1n) is 6.87. The largest absolute Gasteiger partial charge is 0.361 e. The number of methoxy groups -OCH3 is 1. The Morgan fingerprint density at radius 1 is 1.42 bits per heavy atom. The van der Waals surface area contributed by atoms with E-state index in [9.17, 15) is 4.79 Å². The van der Waals surface area contributed by atoms with Crippen LogP contribution in [0.3, 0.4) is 0 Å². The van der Waals surface area contributed by atoms with E-state index in [0.717, 1.165) is 37.2 Å². The summed E-state index contributed by atoms with van der Waals surface area (Å²) in [6, 6.07) is 8.11. The predicted molar refractivity (Wildman–Crippen MR) is 74.2 cm³/mol. The number of anilines is 1. The molecule has 1 saturated heterocycles. The molecule has 0 aliphatic carbocycles. The predicted octanol–water partition coefficient (Wildman–Crippen LogP) is 1.65. The van der Waals surface area contributed by atoms with E-state index in [1.54, 1.807) is 7.11 Å². The molecule has 0 saturated carbocycles. The Bertz CT molecular complexity index is 495. The number of hydrogen-bond donors (Lipinski definition) is 1. The number of piperidine rings is 1. The lowest BCUT2D eigenvalue weighted by molar-refractivity contribution is -0.125. The molecule has 2 aliphatic heterocycles. The fourth-order valence-electron chi connectivity index (χ4n) is 3.33. The van der Waals surface area contributed by atoms with Gasteiger partial charge in [-0.05, 0) is 37.9 Å². The molecule has 3 rings (SSSR count). The van der Waals surface area contributed by atoms with Gasteiger partial charge in [0.25, 0.3) is 0 Å². The van der Waals surface area contributed by atoms with Gasteiger partial charge in [0.1, 0.15) is 6.23 Å². The number of rotatable bonds is 2. The Balaban J connectivity index is 2.11. The van der Waals surface area contributed by atoms with Crippen molar-refractivity contribution in [2.24, 2.45) is 0 Å². The third-order valence-electron chi connectivity index (χ3n) is 4.40. The average Bonchev–Trinajstić information content (AvgIpc) is 2.70. The number of para-hydroxylation sites is 1. The molecule has 1 N–H and O–H groups in total. The maximum atomic E-state index is 12.9. The first-order chi connectivity index (χ1) is 9.20. The zero-order chi connectivity index (χ0) is 13.5. The van der Waals surface area contributed by atoms with Gasteiger partial charge in [-0.2, -0.15) is 0 Å². The van der Waals surface area contributed by atoms with Gasteiger partial charge in [0.2, 0.25) is 5.91 Å². The number of fused-ring (bicyclic) bond motifs is 2. The highest BCUT2D eigenvalue weighted by Gasteiger charge is 2.52. The van der Waals surface area contributed by atoms with Gasteiger partial charge in [0.05, 0.1) is 11.1 Å². The van der Waals surface area contributed by atoms with Crippen LogP contribution in [0.15, 0.2) is 24.3 Å². The summed E-state index contributed by atoms with van der Waals surface area (Å²) in [6.07, 6.45) is 1.73. The van der Waals surface area contributed by atoms with Crippen molar-refractivity contribution in [2.75, 3.05) is 25.1 Å². The highest BCUT2D eigenvalue weighted by Crippen LogP contribution is 2.46. The van der Waals surface area contributed by atoms with Crippen LogP contribution in [0.5, 0.6) is 0 Å².